The highest BCUT2D eigenvalue weighted by molar-refractivity contribution is 8.00. The van der Waals surface area contributed by atoms with Gasteiger partial charge in [-0.2, -0.15) is 0 Å². The number of carbonyl (C=O) groups is 4. The Bertz CT molecular complexity index is 2220. The molecule has 5 aromatic rings. The van der Waals surface area contributed by atoms with Crippen LogP contribution in [0.25, 0.3) is 6.08 Å². The fourth-order valence-electron chi connectivity index (χ4n) is 6.08. The lowest BCUT2D eigenvalue weighted by molar-refractivity contribution is -0.385. The molecule has 6 rings (SSSR count). The van der Waals surface area contributed by atoms with Crippen LogP contribution in [0.2, 0.25) is 0 Å². The molecule has 0 aliphatic heterocycles. The Kier molecular flexibility index (Phi) is 12.3. The van der Waals surface area contributed by atoms with Gasteiger partial charge < -0.3 is 20.7 Å². The highest BCUT2D eigenvalue weighted by atomic mass is 32.2. The van der Waals surface area contributed by atoms with Crippen molar-refractivity contribution in [3.63, 3.8) is 0 Å². The predicted molar refractivity (Wildman–Crippen MR) is 211 cm³/mol. The lowest BCUT2D eigenvalue weighted by atomic mass is 10.1. The van der Waals surface area contributed by atoms with Gasteiger partial charge in [-0.3, -0.25) is 24.5 Å². The monoisotopic (exact) mass is 760 g/mol. The van der Waals surface area contributed by atoms with Gasteiger partial charge in [0.2, 0.25) is 5.91 Å². The maximum Gasteiger partial charge on any atom is 0.341 e. The van der Waals surface area contributed by atoms with Crippen LogP contribution in [0.5, 0.6) is 0 Å². The van der Waals surface area contributed by atoms with Crippen LogP contribution in [-0.2, 0) is 27.2 Å². The number of nitrogens with one attached hydrogen (secondary N) is 3. The number of benzene rings is 4. The van der Waals surface area contributed by atoms with Gasteiger partial charge in [0.05, 0.1) is 23.2 Å². The molecule has 0 spiro atoms. The van der Waals surface area contributed by atoms with E-state index < -0.39 is 28.0 Å². The van der Waals surface area contributed by atoms with Gasteiger partial charge in [0.25, 0.3) is 17.5 Å². The number of amides is 3. The van der Waals surface area contributed by atoms with Gasteiger partial charge in [-0.1, -0.05) is 73.2 Å². The van der Waals surface area contributed by atoms with E-state index in [4.69, 9.17) is 4.74 Å². The van der Waals surface area contributed by atoms with Crippen molar-refractivity contribution in [1.82, 2.24) is 5.32 Å². The molecule has 3 N–H and O–H groups in total. The molecule has 1 heterocycles. The van der Waals surface area contributed by atoms with Crippen LogP contribution in [0.3, 0.4) is 0 Å². The molecule has 1 aliphatic carbocycles. The van der Waals surface area contributed by atoms with Crippen molar-refractivity contribution in [1.29, 1.82) is 0 Å². The van der Waals surface area contributed by atoms with E-state index in [1.165, 1.54) is 54.5 Å². The van der Waals surface area contributed by atoms with Crippen molar-refractivity contribution in [2.24, 2.45) is 0 Å². The number of methoxy groups -OCH3 is 1. The first kappa shape index (κ1) is 37.7. The summed E-state index contributed by atoms with van der Waals surface area (Å²) in [6.45, 7) is 0. The number of fused-ring (bicyclic) bond motifs is 1. The maximum absolute atomic E-state index is 14.1. The number of thioether (sulfide) groups is 1. The average Bonchev–Trinajstić information content (AvgIpc) is 3.36. The highest BCUT2D eigenvalue weighted by Crippen LogP contribution is 2.41. The molecule has 1 aromatic heterocycles. The Morgan fingerprint density at radius 2 is 1.56 bits per heavy atom. The SMILES string of the molecule is COC(=O)c1c(NC(=O)C(Sc2cccc(NC(=O)/C(=C\c3ccccc3[N+](=O)[O-])NC(=O)c3ccccc3)c2)c2ccccc2)sc2c1CCCCC2. The zero-order valence-electron chi connectivity index (χ0n) is 29.2. The lowest BCUT2D eigenvalue weighted by Crippen LogP contribution is -2.30. The van der Waals surface area contributed by atoms with E-state index in [1.54, 1.807) is 60.7 Å². The van der Waals surface area contributed by atoms with E-state index in [9.17, 15) is 29.3 Å². The fraction of sp³-hybridized carbons (Fsp3) is 0.171. The molecule has 0 fully saturated rings. The summed E-state index contributed by atoms with van der Waals surface area (Å²) < 4.78 is 5.14. The molecular formula is C41H36N4O7S2. The molecule has 4 aromatic carbocycles. The van der Waals surface area contributed by atoms with Crippen molar-refractivity contribution < 1.29 is 28.8 Å². The standard InChI is InChI=1S/C41H36N4O7S2/c1-52-41(49)35-31-21-9-4-10-23-34(31)54-40(35)44-39(48)36(26-14-5-2-6-15-26)53-30-20-13-19-29(25-30)42-38(47)32(43-37(46)27-16-7-3-8-17-27)24-28-18-11-12-22-33(28)45(50)51/h2-3,5-8,11-20,22,24-25,36H,4,9-10,21,23H2,1H3,(H,42,47)(H,43,46)(H,44,48)/b32-24+. The number of carbonyl (C=O) groups excluding carboxylic acids is 4. The number of thiophene rings is 1. The summed E-state index contributed by atoms with van der Waals surface area (Å²) in [4.78, 5) is 66.9. The Labute approximate surface area is 320 Å². The van der Waals surface area contributed by atoms with Crippen molar-refractivity contribution in [2.45, 2.75) is 42.2 Å². The molecule has 1 atom stereocenters. The van der Waals surface area contributed by atoms with Crippen LogP contribution in [-0.4, -0.2) is 35.7 Å². The van der Waals surface area contributed by atoms with E-state index in [-0.39, 0.29) is 22.9 Å². The first-order valence-electron chi connectivity index (χ1n) is 17.2. The van der Waals surface area contributed by atoms with Gasteiger partial charge in [0.15, 0.2) is 0 Å². The van der Waals surface area contributed by atoms with E-state index >= 15 is 0 Å². The molecule has 0 radical (unpaired) electrons. The highest BCUT2D eigenvalue weighted by Gasteiger charge is 2.29. The molecule has 0 saturated carbocycles. The normalized spacial score (nSPS) is 13.1. The quantitative estimate of drug-likeness (QED) is 0.0285. The van der Waals surface area contributed by atoms with E-state index in [0.717, 1.165) is 48.1 Å². The number of rotatable bonds is 12. The van der Waals surface area contributed by atoms with Gasteiger partial charge in [0.1, 0.15) is 15.9 Å². The Morgan fingerprint density at radius 1 is 0.852 bits per heavy atom. The smallest absolute Gasteiger partial charge is 0.341 e. The van der Waals surface area contributed by atoms with E-state index in [2.05, 4.69) is 16.0 Å². The summed E-state index contributed by atoms with van der Waals surface area (Å²) in [5, 5.41) is 19.9. The average molecular weight is 761 g/mol. The Balaban J connectivity index is 1.27. The number of para-hydroxylation sites is 1. The number of ether oxygens (including phenoxy) is 1. The number of hydrogen-bond acceptors (Lipinski definition) is 9. The topological polar surface area (TPSA) is 157 Å². The Hall–Kier alpha value is -6.05. The number of nitrogens with zero attached hydrogens (tertiary/aromatic N) is 1. The second kappa shape index (κ2) is 17.6. The first-order chi connectivity index (χ1) is 26.2. The third-order valence-corrected chi connectivity index (χ3v) is 11.2. The van der Waals surface area contributed by atoms with E-state index in [0.29, 0.717) is 26.7 Å². The van der Waals surface area contributed by atoms with Crippen LogP contribution >= 0.6 is 23.1 Å². The molecule has 3 amide bonds. The van der Waals surface area contributed by atoms with Crippen molar-refractivity contribution in [2.75, 3.05) is 17.7 Å². The number of anilines is 2. The maximum atomic E-state index is 14.1. The van der Waals surface area contributed by atoms with Gasteiger partial charge in [0, 0.05) is 27.1 Å². The predicted octanol–water partition coefficient (Wildman–Crippen LogP) is 8.59. The Morgan fingerprint density at radius 3 is 2.30 bits per heavy atom. The minimum atomic E-state index is -0.746. The molecule has 0 bridgehead atoms. The fourth-order valence-corrected chi connectivity index (χ4v) is 8.45. The second-order valence-corrected chi connectivity index (χ2v) is 14.6. The molecule has 54 heavy (non-hydrogen) atoms. The lowest BCUT2D eigenvalue weighted by Gasteiger charge is -2.18. The molecule has 274 valence electrons. The minimum absolute atomic E-state index is 0.125. The minimum Gasteiger partial charge on any atom is -0.465 e. The summed E-state index contributed by atoms with van der Waals surface area (Å²) >= 11 is 2.68. The molecule has 1 unspecified atom stereocenters. The first-order valence-corrected chi connectivity index (χ1v) is 18.9. The van der Waals surface area contributed by atoms with Crippen molar-refractivity contribution in [3.8, 4) is 0 Å². The summed E-state index contributed by atoms with van der Waals surface area (Å²) in [5.74, 6) is -2.10. The van der Waals surface area contributed by atoms with Crippen LogP contribution in [0.15, 0.2) is 120 Å². The number of nitro benzene ring substituents is 1. The zero-order valence-corrected chi connectivity index (χ0v) is 30.8. The molecule has 11 nitrogen and oxygen atoms in total. The van der Waals surface area contributed by atoms with Gasteiger partial charge in [-0.05, 0) is 79.3 Å². The van der Waals surface area contributed by atoms with Gasteiger partial charge in [-0.15, -0.1) is 23.1 Å². The summed E-state index contributed by atoms with van der Waals surface area (Å²) in [6.07, 6.45) is 5.89. The molecular weight excluding hydrogens is 725 g/mol. The number of hydrogen-bond donors (Lipinski definition) is 3. The van der Waals surface area contributed by atoms with Crippen LogP contribution in [0.4, 0.5) is 16.4 Å². The summed E-state index contributed by atoms with van der Waals surface area (Å²) in [7, 11) is 1.34. The second-order valence-electron chi connectivity index (χ2n) is 12.3. The zero-order chi connectivity index (χ0) is 38.0. The van der Waals surface area contributed by atoms with Gasteiger partial charge >= 0.3 is 5.97 Å². The third kappa shape index (κ3) is 9.11. The van der Waals surface area contributed by atoms with Crippen LogP contribution in [0, 0.1) is 10.1 Å². The largest absolute Gasteiger partial charge is 0.465 e. The molecule has 13 heteroatoms. The van der Waals surface area contributed by atoms with Gasteiger partial charge in [-0.25, -0.2) is 4.79 Å². The van der Waals surface area contributed by atoms with Crippen LogP contribution in [0.1, 0.15) is 66.8 Å². The van der Waals surface area contributed by atoms with Crippen LogP contribution < -0.4 is 16.0 Å². The number of nitro groups is 1. The summed E-state index contributed by atoms with van der Waals surface area (Å²) in [6, 6.07) is 30.3. The summed E-state index contributed by atoms with van der Waals surface area (Å²) in [5.41, 5.74) is 2.41. The number of aryl methyl sites for hydroxylation is 1. The molecule has 1 aliphatic rings. The van der Waals surface area contributed by atoms with Crippen molar-refractivity contribution >= 4 is 69.2 Å². The number of esters is 1. The van der Waals surface area contributed by atoms with E-state index in [1.807, 2.05) is 30.3 Å². The van der Waals surface area contributed by atoms with Crippen molar-refractivity contribution in [3.05, 3.63) is 158 Å². The third-order valence-electron chi connectivity index (χ3n) is 8.70. The molecule has 0 saturated heterocycles.